The van der Waals surface area contributed by atoms with Crippen LogP contribution >= 0.6 is 0 Å². The fourth-order valence-corrected chi connectivity index (χ4v) is 3.73. The molecule has 37 heavy (non-hydrogen) atoms. The number of aromatic nitrogens is 6. The van der Waals surface area contributed by atoms with Crippen LogP contribution in [0.1, 0.15) is 24.4 Å². The molecule has 4 aromatic rings. The van der Waals surface area contributed by atoms with Gasteiger partial charge in [0.05, 0.1) is 12.2 Å². The van der Waals surface area contributed by atoms with Gasteiger partial charge < -0.3 is 4.74 Å². The van der Waals surface area contributed by atoms with Crippen LogP contribution in [-0.4, -0.2) is 48.1 Å². The Kier molecular flexibility index (Phi) is 7.36. The first-order chi connectivity index (χ1) is 17.6. The predicted molar refractivity (Wildman–Crippen MR) is 118 cm³/mol. The van der Waals surface area contributed by atoms with Crippen molar-refractivity contribution in [2.24, 2.45) is 0 Å². The van der Waals surface area contributed by atoms with Gasteiger partial charge in [-0.1, -0.05) is 6.07 Å². The zero-order valence-electron chi connectivity index (χ0n) is 19.2. The lowest BCUT2D eigenvalue weighted by Crippen LogP contribution is -2.33. The van der Waals surface area contributed by atoms with Gasteiger partial charge in [0.25, 0.3) is 0 Å². The number of hydrogen-bond acceptors (Lipinski definition) is 5. The Bertz CT molecular complexity index is 1390. The Morgan fingerprint density at radius 2 is 1.76 bits per heavy atom. The first-order valence-electron chi connectivity index (χ1n) is 10.9. The predicted octanol–water partition coefficient (Wildman–Crippen LogP) is 4.23. The quantitative estimate of drug-likeness (QED) is 0.289. The molecule has 2 atom stereocenters. The second-order valence-electron chi connectivity index (χ2n) is 8.21. The number of nitrogens with zero attached hydrogens (tertiary/aromatic N) is 6. The zero-order valence-corrected chi connectivity index (χ0v) is 19.2. The fraction of sp³-hybridized carbons (Fsp3) is 0.304. The maximum atomic E-state index is 14.7. The molecule has 0 aliphatic rings. The first-order valence-corrected chi connectivity index (χ1v) is 10.9. The van der Waals surface area contributed by atoms with E-state index in [1.165, 1.54) is 58.6 Å². The van der Waals surface area contributed by atoms with Crippen LogP contribution in [0.25, 0.3) is 5.69 Å². The van der Waals surface area contributed by atoms with E-state index in [9.17, 15) is 31.1 Å². The summed E-state index contributed by atoms with van der Waals surface area (Å²) in [6.45, 7) is 0.276. The normalized spacial score (nSPS) is 13.6. The van der Waals surface area contributed by atoms with E-state index in [4.69, 9.17) is 4.74 Å². The highest BCUT2D eigenvalue weighted by Crippen LogP contribution is 2.31. The Balaban J connectivity index is 1.59. The van der Waals surface area contributed by atoms with Crippen molar-refractivity contribution in [3.8, 4) is 11.4 Å². The molecule has 0 N–H and O–H groups in total. The second kappa shape index (κ2) is 10.5. The van der Waals surface area contributed by atoms with Gasteiger partial charge in [-0.05, 0) is 42.8 Å². The molecule has 0 aliphatic carbocycles. The lowest BCUT2D eigenvalue weighted by atomic mass is 9.91. The summed E-state index contributed by atoms with van der Waals surface area (Å²) in [6.07, 6.45) is 0.104. The van der Waals surface area contributed by atoms with Crippen molar-refractivity contribution < 1.29 is 31.1 Å². The van der Waals surface area contributed by atoms with E-state index in [2.05, 4.69) is 15.2 Å². The van der Waals surface area contributed by atoms with E-state index in [1.54, 1.807) is 6.92 Å². The molecule has 0 saturated heterocycles. The molecule has 4 rings (SSSR count). The second-order valence-corrected chi connectivity index (χ2v) is 8.21. The van der Waals surface area contributed by atoms with Crippen molar-refractivity contribution in [1.82, 2.24) is 29.1 Å². The Labute approximate surface area is 205 Å². The Morgan fingerprint density at radius 3 is 2.38 bits per heavy atom. The van der Waals surface area contributed by atoms with Crippen molar-refractivity contribution in [3.63, 3.8) is 0 Å². The molecule has 14 heteroatoms. The molecule has 0 aliphatic heterocycles. The summed E-state index contributed by atoms with van der Waals surface area (Å²) in [5, 5.41) is 8.10. The Hall–Kier alpha value is -4.10. The van der Waals surface area contributed by atoms with E-state index in [-0.39, 0.29) is 23.5 Å². The van der Waals surface area contributed by atoms with Gasteiger partial charge in [-0.2, -0.15) is 23.7 Å². The van der Waals surface area contributed by atoms with Gasteiger partial charge in [-0.25, -0.2) is 27.3 Å². The van der Waals surface area contributed by atoms with Crippen LogP contribution in [0, 0.1) is 11.6 Å². The van der Waals surface area contributed by atoms with Crippen molar-refractivity contribution in [1.29, 1.82) is 0 Å². The molecular formula is C23H20F6N6O2. The molecule has 2 aromatic heterocycles. The molecule has 196 valence electrons. The van der Waals surface area contributed by atoms with Crippen molar-refractivity contribution in [2.45, 2.75) is 37.8 Å². The van der Waals surface area contributed by atoms with Gasteiger partial charge >= 0.3 is 18.0 Å². The van der Waals surface area contributed by atoms with Gasteiger partial charge in [-0.15, -0.1) is 0 Å². The molecular weight excluding hydrogens is 506 g/mol. The topological polar surface area (TPSA) is 79.8 Å². The lowest BCUT2D eigenvalue weighted by molar-refractivity contribution is -0.148. The molecule has 2 heterocycles. The van der Waals surface area contributed by atoms with Gasteiger partial charge in [-0.3, -0.25) is 9.25 Å². The molecule has 0 radical (unpaired) electrons. The standard InChI is InChI=1S/C23H20F6N6O2/c1-14(19(9-33-12-30-11-31-33)18-7-2-15(24)8-20(18)25)34-13-32-35(22(34)36)16-3-5-17(6-4-16)37-10-23(28,29)21(26)27/h2-8,11-14,19,21H,9-10H2,1H3. The average Bonchev–Trinajstić information content (AvgIpc) is 3.51. The summed E-state index contributed by atoms with van der Waals surface area (Å²) >= 11 is 0. The maximum Gasteiger partial charge on any atom is 0.350 e. The molecule has 8 nitrogen and oxygen atoms in total. The van der Waals surface area contributed by atoms with Crippen LogP contribution in [0.5, 0.6) is 5.75 Å². The minimum absolute atomic E-state index is 0.107. The van der Waals surface area contributed by atoms with Crippen LogP contribution < -0.4 is 10.4 Å². The van der Waals surface area contributed by atoms with E-state index in [0.29, 0.717) is 0 Å². The minimum atomic E-state index is -4.31. The molecule has 0 fully saturated rings. The number of ether oxygens (including phenoxy) is 1. The number of alkyl halides is 4. The third-order valence-corrected chi connectivity index (χ3v) is 5.76. The van der Waals surface area contributed by atoms with E-state index >= 15 is 0 Å². The third-order valence-electron chi connectivity index (χ3n) is 5.76. The minimum Gasteiger partial charge on any atom is -0.487 e. The number of hydrogen-bond donors (Lipinski definition) is 0. The molecule has 2 aromatic carbocycles. The highest BCUT2D eigenvalue weighted by Gasteiger charge is 2.41. The van der Waals surface area contributed by atoms with Gasteiger partial charge in [0, 0.05) is 18.0 Å². The summed E-state index contributed by atoms with van der Waals surface area (Å²) < 4.78 is 87.4. The molecule has 2 unspecified atom stereocenters. The Morgan fingerprint density at radius 1 is 1.03 bits per heavy atom. The summed E-state index contributed by atoms with van der Waals surface area (Å²) in [4.78, 5) is 17.0. The number of rotatable bonds is 10. The van der Waals surface area contributed by atoms with Crippen molar-refractivity contribution >= 4 is 0 Å². The smallest absolute Gasteiger partial charge is 0.350 e. The highest BCUT2D eigenvalue weighted by atomic mass is 19.3. The maximum absolute atomic E-state index is 14.7. The van der Waals surface area contributed by atoms with Gasteiger partial charge in [0.2, 0.25) is 0 Å². The van der Waals surface area contributed by atoms with E-state index in [1.807, 2.05) is 0 Å². The van der Waals surface area contributed by atoms with Crippen LogP contribution in [0.15, 0.2) is 66.2 Å². The number of benzene rings is 2. The van der Waals surface area contributed by atoms with Crippen LogP contribution in [0.3, 0.4) is 0 Å². The average molecular weight is 526 g/mol. The van der Waals surface area contributed by atoms with Crippen LogP contribution in [-0.2, 0) is 6.54 Å². The third kappa shape index (κ3) is 5.67. The van der Waals surface area contributed by atoms with E-state index in [0.717, 1.165) is 16.8 Å². The monoisotopic (exact) mass is 526 g/mol. The summed E-state index contributed by atoms with van der Waals surface area (Å²) in [5.74, 6) is -6.62. The van der Waals surface area contributed by atoms with Crippen LogP contribution in [0.2, 0.25) is 0 Å². The lowest BCUT2D eigenvalue weighted by Gasteiger charge is -2.25. The summed E-state index contributed by atoms with van der Waals surface area (Å²) in [6, 6.07) is 7.63. The number of halogens is 6. The fourth-order valence-electron chi connectivity index (χ4n) is 3.73. The summed E-state index contributed by atoms with van der Waals surface area (Å²) in [5.41, 5.74) is -0.202. The zero-order chi connectivity index (χ0) is 26.7. The van der Waals surface area contributed by atoms with Crippen LogP contribution in [0.4, 0.5) is 26.3 Å². The molecule has 0 spiro atoms. The van der Waals surface area contributed by atoms with E-state index < -0.39 is 48.2 Å². The van der Waals surface area contributed by atoms with Crippen molar-refractivity contribution in [2.75, 3.05) is 6.61 Å². The van der Waals surface area contributed by atoms with Gasteiger partial charge in [0.1, 0.15) is 36.4 Å². The summed E-state index contributed by atoms with van der Waals surface area (Å²) in [7, 11) is 0. The highest BCUT2D eigenvalue weighted by molar-refractivity contribution is 5.36. The van der Waals surface area contributed by atoms with Gasteiger partial charge in [0.15, 0.2) is 6.61 Å². The SMILES string of the molecule is CC(C(Cn1cncn1)c1ccc(F)cc1F)n1cnn(-c2ccc(OCC(F)(F)C(F)F)cc2)c1=O. The largest absolute Gasteiger partial charge is 0.487 e. The van der Waals surface area contributed by atoms with Crippen molar-refractivity contribution in [3.05, 3.63) is 89.1 Å². The molecule has 0 saturated carbocycles. The molecule has 0 amide bonds. The molecule has 0 bridgehead atoms. The first kappa shape index (κ1) is 26.0.